The van der Waals surface area contributed by atoms with Crippen LogP contribution in [0, 0.1) is 12.7 Å². The molecule has 1 rings (SSSR count). The van der Waals surface area contributed by atoms with Gasteiger partial charge >= 0.3 is 11.8 Å². The Hall–Kier alpha value is -1.95. The Kier molecular flexibility index (Phi) is 5.44. The Bertz CT molecular complexity index is 473. The smallest absolute Gasteiger partial charge is 0.313 e. The Morgan fingerprint density at radius 2 is 2.05 bits per heavy atom. The van der Waals surface area contributed by atoms with Gasteiger partial charge in [0.25, 0.3) is 0 Å². The fourth-order valence-corrected chi connectivity index (χ4v) is 1.44. The third-order valence-electron chi connectivity index (χ3n) is 2.67. The van der Waals surface area contributed by atoms with Crippen LogP contribution in [0.2, 0.25) is 0 Å². The van der Waals surface area contributed by atoms with Crippen molar-refractivity contribution in [2.75, 3.05) is 11.9 Å². The Morgan fingerprint density at radius 1 is 1.37 bits per heavy atom. The quantitative estimate of drug-likeness (QED) is 0.712. The molecule has 0 aromatic heterocycles. The molecule has 6 heteroatoms. The zero-order valence-corrected chi connectivity index (χ0v) is 10.9. The molecule has 0 fully saturated rings. The molecule has 0 aliphatic carbocycles. The average Bonchev–Trinajstić information content (AvgIpc) is 2.39. The molecule has 0 spiro atoms. The lowest BCUT2D eigenvalue weighted by Gasteiger charge is -2.13. The number of benzene rings is 1. The summed E-state index contributed by atoms with van der Waals surface area (Å²) in [7, 11) is 0. The Labute approximate surface area is 110 Å². The minimum Gasteiger partial charge on any atom is -0.394 e. The molecule has 1 aromatic rings. The molecule has 5 nitrogen and oxygen atoms in total. The van der Waals surface area contributed by atoms with E-state index in [1.165, 1.54) is 18.2 Å². The van der Waals surface area contributed by atoms with Gasteiger partial charge in [-0.05, 0) is 37.1 Å². The molecule has 19 heavy (non-hydrogen) atoms. The predicted molar refractivity (Wildman–Crippen MR) is 69.1 cm³/mol. The summed E-state index contributed by atoms with van der Waals surface area (Å²) in [5.41, 5.74) is 0.719. The van der Waals surface area contributed by atoms with Gasteiger partial charge in [-0.1, -0.05) is 6.92 Å². The van der Waals surface area contributed by atoms with Crippen LogP contribution in [0.4, 0.5) is 10.1 Å². The van der Waals surface area contributed by atoms with Crippen molar-refractivity contribution in [2.45, 2.75) is 26.3 Å². The maximum atomic E-state index is 13.0. The zero-order chi connectivity index (χ0) is 14.4. The van der Waals surface area contributed by atoms with E-state index in [0.717, 1.165) is 0 Å². The number of aryl methyl sites for hydroxylation is 1. The summed E-state index contributed by atoms with van der Waals surface area (Å²) in [6.45, 7) is 3.11. The number of nitrogens with one attached hydrogen (secondary N) is 2. The van der Waals surface area contributed by atoms with Crippen molar-refractivity contribution >= 4 is 17.5 Å². The summed E-state index contributed by atoms with van der Waals surface area (Å²) in [6.07, 6.45) is 0.519. The highest BCUT2D eigenvalue weighted by atomic mass is 19.1. The molecule has 104 valence electrons. The van der Waals surface area contributed by atoms with Crippen molar-refractivity contribution < 1.29 is 19.1 Å². The molecule has 1 unspecified atom stereocenters. The van der Waals surface area contributed by atoms with Crippen LogP contribution in [-0.4, -0.2) is 29.6 Å². The van der Waals surface area contributed by atoms with Crippen molar-refractivity contribution in [3.8, 4) is 0 Å². The van der Waals surface area contributed by atoms with Gasteiger partial charge in [0.1, 0.15) is 5.82 Å². The van der Waals surface area contributed by atoms with E-state index >= 15 is 0 Å². The largest absolute Gasteiger partial charge is 0.394 e. The van der Waals surface area contributed by atoms with Crippen LogP contribution < -0.4 is 10.6 Å². The van der Waals surface area contributed by atoms with Crippen LogP contribution in [0.3, 0.4) is 0 Å². The number of carbonyl (C=O) groups is 2. The number of aliphatic hydroxyl groups is 1. The molecule has 0 radical (unpaired) electrons. The van der Waals surface area contributed by atoms with Gasteiger partial charge in [-0.3, -0.25) is 9.59 Å². The first-order valence-corrected chi connectivity index (χ1v) is 5.96. The van der Waals surface area contributed by atoms with Crippen molar-refractivity contribution in [3.05, 3.63) is 29.6 Å². The molecule has 1 atom stereocenters. The lowest BCUT2D eigenvalue weighted by molar-refractivity contribution is -0.136. The van der Waals surface area contributed by atoms with Crippen LogP contribution in [0.5, 0.6) is 0 Å². The SMILES string of the molecule is CCC(CO)NC(=O)C(=O)Nc1ccc(F)c(C)c1. The second kappa shape index (κ2) is 6.84. The highest BCUT2D eigenvalue weighted by molar-refractivity contribution is 6.39. The zero-order valence-electron chi connectivity index (χ0n) is 10.9. The van der Waals surface area contributed by atoms with Crippen LogP contribution in [0.15, 0.2) is 18.2 Å². The minimum atomic E-state index is -0.849. The highest BCUT2D eigenvalue weighted by Crippen LogP contribution is 2.13. The van der Waals surface area contributed by atoms with Gasteiger partial charge in [0, 0.05) is 5.69 Å². The van der Waals surface area contributed by atoms with Gasteiger partial charge in [0.15, 0.2) is 0 Å². The van der Waals surface area contributed by atoms with Gasteiger partial charge in [-0.25, -0.2) is 4.39 Å². The number of halogens is 1. The van der Waals surface area contributed by atoms with Gasteiger partial charge in [-0.15, -0.1) is 0 Å². The monoisotopic (exact) mass is 268 g/mol. The Morgan fingerprint density at radius 3 is 2.58 bits per heavy atom. The first-order chi connectivity index (χ1) is 8.97. The summed E-state index contributed by atoms with van der Waals surface area (Å²) in [4.78, 5) is 23.1. The molecule has 0 aliphatic rings. The predicted octanol–water partition coefficient (Wildman–Crippen LogP) is 0.960. The third-order valence-corrected chi connectivity index (χ3v) is 2.67. The van der Waals surface area contributed by atoms with E-state index in [0.29, 0.717) is 17.7 Å². The van der Waals surface area contributed by atoms with Crippen molar-refractivity contribution in [1.82, 2.24) is 5.32 Å². The van der Waals surface area contributed by atoms with E-state index in [-0.39, 0.29) is 12.4 Å². The van der Waals surface area contributed by atoms with Crippen LogP contribution in [0.1, 0.15) is 18.9 Å². The normalized spacial score (nSPS) is 11.8. The number of aliphatic hydroxyl groups excluding tert-OH is 1. The second-order valence-corrected chi connectivity index (χ2v) is 4.18. The molecule has 0 saturated carbocycles. The van der Waals surface area contributed by atoms with Crippen LogP contribution in [-0.2, 0) is 9.59 Å². The second-order valence-electron chi connectivity index (χ2n) is 4.18. The molecule has 0 saturated heterocycles. The summed E-state index contributed by atoms with van der Waals surface area (Å²) in [5.74, 6) is -2.06. The summed E-state index contributed by atoms with van der Waals surface area (Å²) in [5, 5.41) is 13.7. The van der Waals surface area contributed by atoms with E-state index in [9.17, 15) is 14.0 Å². The van der Waals surface area contributed by atoms with Gasteiger partial charge in [0.2, 0.25) is 0 Å². The van der Waals surface area contributed by atoms with E-state index in [2.05, 4.69) is 10.6 Å². The molecule has 0 bridgehead atoms. The van der Waals surface area contributed by atoms with E-state index < -0.39 is 17.9 Å². The summed E-state index contributed by atoms with van der Waals surface area (Å²) < 4.78 is 13.0. The number of hydrogen-bond acceptors (Lipinski definition) is 3. The lowest BCUT2D eigenvalue weighted by Crippen LogP contribution is -2.43. The maximum absolute atomic E-state index is 13.0. The lowest BCUT2D eigenvalue weighted by atomic mass is 10.2. The fourth-order valence-electron chi connectivity index (χ4n) is 1.44. The maximum Gasteiger partial charge on any atom is 0.313 e. The molecule has 2 amide bonds. The first kappa shape index (κ1) is 15.1. The molecule has 0 heterocycles. The van der Waals surface area contributed by atoms with Crippen molar-refractivity contribution in [2.24, 2.45) is 0 Å². The number of anilines is 1. The minimum absolute atomic E-state index is 0.231. The number of amides is 2. The van der Waals surface area contributed by atoms with E-state index in [1.807, 2.05) is 0 Å². The average molecular weight is 268 g/mol. The highest BCUT2D eigenvalue weighted by Gasteiger charge is 2.17. The van der Waals surface area contributed by atoms with E-state index in [1.54, 1.807) is 13.8 Å². The van der Waals surface area contributed by atoms with Gasteiger partial charge in [-0.2, -0.15) is 0 Å². The van der Waals surface area contributed by atoms with Crippen LogP contribution in [0.25, 0.3) is 0 Å². The molecule has 0 aliphatic heterocycles. The summed E-state index contributed by atoms with van der Waals surface area (Å²) in [6, 6.07) is 3.57. The van der Waals surface area contributed by atoms with Gasteiger partial charge in [0.05, 0.1) is 12.6 Å². The van der Waals surface area contributed by atoms with Crippen molar-refractivity contribution in [3.63, 3.8) is 0 Å². The number of carbonyl (C=O) groups excluding carboxylic acids is 2. The number of hydrogen-bond donors (Lipinski definition) is 3. The fraction of sp³-hybridized carbons (Fsp3) is 0.385. The first-order valence-electron chi connectivity index (χ1n) is 5.96. The molecule has 1 aromatic carbocycles. The molecular formula is C13H17FN2O3. The topological polar surface area (TPSA) is 78.4 Å². The van der Waals surface area contributed by atoms with Crippen LogP contribution >= 0.6 is 0 Å². The number of rotatable bonds is 4. The van der Waals surface area contributed by atoms with E-state index in [4.69, 9.17) is 5.11 Å². The standard InChI is InChI=1S/C13H17FN2O3/c1-3-9(7-17)15-12(18)13(19)16-10-4-5-11(14)8(2)6-10/h4-6,9,17H,3,7H2,1-2H3,(H,15,18)(H,16,19). The molecular weight excluding hydrogens is 251 g/mol. The third kappa shape index (κ3) is 4.33. The summed E-state index contributed by atoms with van der Waals surface area (Å²) >= 11 is 0. The Balaban J connectivity index is 2.63. The van der Waals surface area contributed by atoms with Crippen molar-refractivity contribution in [1.29, 1.82) is 0 Å². The molecule has 3 N–H and O–H groups in total. The van der Waals surface area contributed by atoms with Gasteiger partial charge < -0.3 is 15.7 Å².